The summed E-state index contributed by atoms with van der Waals surface area (Å²) < 4.78 is 0. The highest BCUT2D eigenvalue weighted by atomic mass is 35.5. The van der Waals surface area contributed by atoms with Gasteiger partial charge < -0.3 is 5.73 Å². The Balaban J connectivity index is 2.36. The topological polar surface area (TPSA) is 38.9 Å². The van der Waals surface area contributed by atoms with E-state index in [1.165, 1.54) is 5.56 Å². The zero-order chi connectivity index (χ0) is 13.1. The maximum Gasteiger partial charge on any atom is 0.101 e. The molecule has 0 spiro atoms. The third-order valence-corrected chi connectivity index (χ3v) is 3.94. The molecule has 0 saturated carbocycles. The van der Waals surface area contributed by atoms with Gasteiger partial charge in [-0.15, -0.1) is 0 Å². The van der Waals surface area contributed by atoms with E-state index in [2.05, 4.69) is 24.0 Å². The van der Waals surface area contributed by atoms with Gasteiger partial charge in [-0.25, -0.2) is 4.98 Å². The maximum atomic E-state index is 6.14. The summed E-state index contributed by atoms with van der Waals surface area (Å²) >= 11 is 7.75. The van der Waals surface area contributed by atoms with E-state index >= 15 is 0 Å². The van der Waals surface area contributed by atoms with Crippen LogP contribution in [-0.2, 0) is 6.54 Å². The molecule has 94 valence electrons. The molecule has 2 rings (SSSR count). The predicted octanol–water partition coefficient (Wildman–Crippen LogP) is 3.96. The van der Waals surface area contributed by atoms with Gasteiger partial charge in [-0.3, -0.25) is 0 Å². The van der Waals surface area contributed by atoms with E-state index in [9.17, 15) is 0 Å². The summed E-state index contributed by atoms with van der Waals surface area (Å²) in [6.45, 7) is 4.51. The van der Waals surface area contributed by atoms with Gasteiger partial charge in [0.2, 0.25) is 0 Å². The molecule has 0 bridgehead atoms. The number of halogens is 1. The zero-order valence-electron chi connectivity index (χ0n) is 10.4. The summed E-state index contributed by atoms with van der Waals surface area (Å²) in [5.41, 5.74) is 8.96. The molecule has 0 fully saturated rings. The number of aryl methyl sites for hydroxylation is 2. The molecule has 0 unspecified atom stereocenters. The van der Waals surface area contributed by atoms with Crippen LogP contribution in [0.25, 0.3) is 0 Å². The smallest absolute Gasteiger partial charge is 0.101 e. The van der Waals surface area contributed by atoms with Gasteiger partial charge in [0.25, 0.3) is 0 Å². The lowest BCUT2D eigenvalue weighted by Crippen LogP contribution is -1.99. The molecule has 1 heterocycles. The van der Waals surface area contributed by atoms with Crippen molar-refractivity contribution in [1.82, 2.24) is 4.98 Å². The van der Waals surface area contributed by atoms with Crippen LogP contribution < -0.4 is 5.73 Å². The Hall–Kier alpha value is -1.03. The number of nitrogens with zero attached hydrogens (tertiary/aromatic N) is 1. The van der Waals surface area contributed by atoms with Gasteiger partial charge in [-0.1, -0.05) is 29.4 Å². The van der Waals surface area contributed by atoms with Crippen LogP contribution in [0.5, 0.6) is 0 Å². The molecule has 18 heavy (non-hydrogen) atoms. The first-order valence-corrected chi connectivity index (χ1v) is 6.90. The van der Waals surface area contributed by atoms with Crippen molar-refractivity contribution >= 4 is 23.4 Å². The third kappa shape index (κ3) is 3.05. The molecule has 0 aliphatic heterocycles. The molecule has 0 amide bonds. The molecule has 1 aromatic carbocycles. The van der Waals surface area contributed by atoms with Gasteiger partial charge in [-0.2, -0.15) is 0 Å². The van der Waals surface area contributed by atoms with Gasteiger partial charge >= 0.3 is 0 Å². The van der Waals surface area contributed by atoms with Crippen molar-refractivity contribution in [2.75, 3.05) is 0 Å². The van der Waals surface area contributed by atoms with E-state index < -0.39 is 0 Å². The van der Waals surface area contributed by atoms with Crippen molar-refractivity contribution < 1.29 is 0 Å². The van der Waals surface area contributed by atoms with Crippen LogP contribution in [0.3, 0.4) is 0 Å². The normalized spacial score (nSPS) is 10.7. The van der Waals surface area contributed by atoms with E-state index in [0.717, 1.165) is 21.2 Å². The number of hydrogen-bond donors (Lipinski definition) is 1. The fourth-order valence-corrected chi connectivity index (χ4v) is 3.23. The first-order chi connectivity index (χ1) is 8.60. The Labute approximate surface area is 117 Å². The Morgan fingerprint density at radius 2 is 2.06 bits per heavy atom. The quantitative estimate of drug-likeness (QED) is 0.924. The minimum absolute atomic E-state index is 0.437. The highest BCUT2D eigenvalue weighted by Gasteiger charge is 2.08. The largest absolute Gasteiger partial charge is 0.326 e. The molecule has 0 radical (unpaired) electrons. The lowest BCUT2D eigenvalue weighted by Gasteiger charge is -2.09. The first kappa shape index (κ1) is 13.4. The first-order valence-electron chi connectivity index (χ1n) is 5.70. The minimum atomic E-state index is 0.437. The van der Waals surface area contributed by atoms with Crippen LogP contribution in [0.1, 0.15) is 16.8 Å². The molecule has 1 aromatic heterocycles. The third-order valence-electron chi connectivity index (χ3n) is 2.57. The van der Waals surface area contributed by atoms with Crippen LogP contribution in [0, 0.1) is 13.8 Å². The monoisotopic (exact) mass is 278 g/mol. The van der Waals surface area contributed by atoms with E-state index in [4.69, 9.17) is 17.3 Å². The Morgan fingerprint density at radius 1 is 1.28 bits per heavy atom. The maximum absolute atomic E-state index is 6.14. The van der Waals surface area contributed by atoms with Crippen LogP contribution in [0.4, 0.5) is 0 Å². The summed E-state index contributed by atoms with van der Waals surface area (Å²) in [6, 6.07) is 9.96. The summed E-state index contributed by atoms with van der Waals surface area (Å²) in [6.07, 6.45) is 0. The molecule has 0 saturated heterocycles. The average molecular weight is 279 g/mol. The number of rotatable bonds is 3. The van der Waals surface area contributed by atoms with Crippen LogP contribution in [-0.4, -0.2) is 4.98 Å². The Morgan fingerprint density at radius 3 is 2.72 bits per heavy atom. The zero-order valence-corrected chi connectivity index (χ0v) is 12.0. The molecule has 0 aliphatic carbocycles. The highest BCUT2D eigenvalue weighted by molar-refractivity contribution is 7.99. The molecule has 0 atom stereocenters. The lowest BCUT2D eigenvalue weighted by molar-refractivity contribution is 1.01. The van der Waals surface area contributed by atoms with Gasteiger partial charge in [0.1, 0.15) is 5.03 Å². The van der Waals surface area contributed by atoms with Crippen LogP contribution in [0.15, 0.2) is 40.3 Å². The number of nitrogens with two attached hydrogens (primary N) is 1. The van der Waals surface area contributed by atoms with Gasteiger partial charge in [0.15, 0.2) is 0 Å². The molecule has 2 N–H and O–H groups in total. The average Bonchev–Trinajstić information content (AvgIpc) is 2.27. The Bertz CT molecular complexity index is 549. The Kier molecular flexibility index (Phi) is 4.27. The highest BCUT2D eigenvalue weighted by Crippen LogP contribution is 2.33. The van der Waals surface area contributed by atoms with Crippen LogP contribution >= 0.6 is 23.4 Å². The van der Waals surface area contributed by atoms with Gasteiger partial charge in [-0.05, 0) is 49.2 Å². The van der Waals surface area contributed by atoms with Crippen LogP contribution in [0.2, 0.25) is 5.02 Å². The number of benzene rings is 1. The fraction of sp³-hybridized carbons (Fsp3) is 0.214. The summed E-state index contributed by atoms with van der Waals surface area (Å²) in [5.74, 6) is 0. The summed E-state index contributed by atoms with van der Waals surface area (Å²) in [4.78, 5) is 5.59. The second kappa shape index (κ2) is 5.74. The predicted molar refractivity (Wildman–Crippen MR) is 77.2 cm³/mol. The van der Waals surface area contributed by atoms with E-state index in [1.807, 2.05) is 25.1 Å². The van der Waals surface area contributed by atoms with Crippen molar-refractivity contribution in [3.8, 4) is 0 Å². The summed E-state index contributed by atoms with van der Waals surface area (Å²) in [5, 5.41) is 1.69. The van der Waals surface area contributed by atoms with E-state index in [-0.39, 0.29) is 0 Å². The SMILES string of the molecule is Cc1cc(C)nc(Sc2cccc(Cl)c2CN)c1. The molecule has 4 heteroatoms. The van der Waals surface area contributed by atoms with E-state index in [0.29, 0.717) is 11.6 Å². The summed E-state index contributed by atoms with van der Waals surface area (Å²) in [7, 11) is 0. The molecule has 2 aromatic rings. The lowest BCUT2D eigenvalue weighted by atomic mass is 10.2. The standard InChI is InChI=1S/C14H15ClN2S/c1-9-6-10(2)17-14(7-9)18-13-5-3-4-12(15)11(13)8-16/h3-7H,8,16H2,1-2H3. The number of hydrogen-bond acceptors (Lipinski definition) is 3. The van der Waals surface area contributed by atoms with Crippen molar-refractivity contribution in [1.29, 1.82) is 0 Å². The second-order valence-electron chi connectivity index (χ2n) is 4.15. The van der Waals surface area contributed by atoms with Gasteiger partial charge in [0, 0.05) is 22.2 Å². The molecule has 0 aliphatic rings. The minimum Gasteiger partial charge on any atom is -0.326 e. The second-order valence-corrected chi connectivity index (χ2v) is 5.62. The van der Waals surface area contributed by atoms with Crippen molar-refractivity contribution in [2.24, 2.45) is 5.73 Å². The molecular weight excluding hydrogens is 264 g/mol. The molecular formula is C14H15ClN2S. The van der Waals surface area contributed by atoms with Crippen molar-refractivity contribution in [3.63, 3.8) is 0 Å². The van der Waals surface area contributed by atoms with E-state index in [1.54, 1.807) is 11.8 Å². The van der Waals surface area contributed by atoms with Crippen molar-refractivity contribution in [2.45, 2.75) is 30.3 Å². The fourth-order valence-electron chi connectivity index (χ4n) is 1.80. The van der Waals surface area contributed by atoms with Crippen molar-refractivity contribution in [3.05, 3.63) is 52.2 Å². The number of aromatic nitrogens is 1. The molecule has 2 nitrogen and oxygen atoms in total. The number of pyridine rings is 1. The van der Waals surface area contributed by atoms with Gasteiger partial charge in [0.05, 0.1) is 0 Å².